The molecule has 1 aromatic heterocycles. The second kappa shape index (κ2) is 3.89. The number of aromatic nitrogens is 1. The Kier molecular flexibility index (Phi) is 2.84. The van der Waals surface area contributed by atoms with Crippen LogP contribution in [0.25, 0.3) is 0 Å². The summed E-state index contributed by atoms with van der Waals surface area (Å²) in [7, 11) is 0. The maximum atomic E-state index is 11.2. The van der Waals surface area contributed by atoms with E-state index < -0.39 is 5.97 Å². The summed E-state index contributed by atoms with van der Waals surface area (Å²) >= 11 is 0. The summed E-state index contributed by atoms with van der Waals surface area (Å²) in [6.45, 7) is 2.58. The van der Waals surface area contributed by atoms with Gasteiger partial charge in [-0.05, 0) is 12.5 Å². The summed E-state index contributed by atoms with van der Waals surface area (Å²) in [5.74, 6) is -1.07. The predicted octanol–water partition coefficient (Wildman–Crippen LogP) is 0.956. The fraction of sp³-hybridized carbons (Fsp3) is 0.333. The Morgan fingerprint density at radius 1 is 1.62 bits per heavy atom. The van der Waals surface area contributed by atoms with Crippen molar-refractivity contribution < 1.29 is 9.90 Å². The molecule has 1 N–H and O–H groups in total. The number of hydrogen-bond donors (Lipinski definition) is 1. The average Bonchev–Trinajstić information content (AvgIpc) is 2.08. The summed E-state index contributed by atoms with van der Waals surface area (Å²) < 4.78 is 1.49. The maximum absolute atomic E-state index is 11.2. The van der Waals surface area contributed by atoms with Gasteiger partial charge in [-0.25, -0.2) is 4.79 Å². The highest BCUT2D eigenvalue weighted by Gasteiger charge is 2.03. The van der Waals surface area contributed by atoms with E-state index in [1.807, 2.05) is 6.92 Å². The molecule has 0 atom stereocenters. The van der Waals surface area contributed by atoms with Crippen LogP contribution in [0.2, 0.25) is 0 Å². The lowest BCUT2D eigenvalue weighted by Gasteiger charge is -2.02. The molecule has 0 fully saturated rings. The minimum Gasteiger partial charge on any atom is -0.478 e. The van der Waals surface area contributed by atoms with Gasteiger partial charge in [0.25, 0.3) is 5.56 Å². The lowest BCUT2D eigenvalue weighted by Crippen LogP contribution is -2.19. The van der Waals surface area contributed by atoms with Gasteiger partial charge in [-0.2, -0.15) is 0 Å². The highest BCUT2D eigenvalue weighted by Crippen LogP contribution is 1.94. The van der Waals surface area contributed by atoms with Gasteiger partial charge >= 0.3 is 5.97 Å². The van der Waals surface area contributed by atoms with Crippen molar-refractivity contribution in [2.24, 2.45) is 0 Å². The minimum absolute atomic E-state index is 0.0392. The van der Waals surface area contributed by atoms with Gasteiger partial charge in [0, 0.05) is 18.8 Å². The second-order valence-electron chi connectivity index (χ2n) is 2.75. The fourth-order valence-electron chi connectivity index (χ4n) is 1.07. The predicted molar refractivity (Wildman–Crippen MR) is 48.0 cm³/mol. The number of nitrogens with zero attached hydrogens (tertiary/aromatic N) is 1. The van der Waals surface area contributed by atoms with Crippen molar-refractivity contribution in [2.45, 2.75) is 19.9 Å². The number of pyridine rings is 1. The topological polar surface area (TPSA) is 59.3 Å². The van der Waals surface area contributed by atoms with Gasteiger partial charge in [-0.15, -0.1) is 0 Å². The van der Waals surface area contributed by atoms with Crippen LogP contribution in [0.1, 0.15) is 23.7 Å². The molecule has 4 heteroatoms. The van der Waals surface area contributed by atoms with E-state index in [0.29, 0.717) is 6.54 Å². The first kappa shape index (κ1) is 9.51. The Labute approximate surface area is 75.4 Å². The van der Waals surface area contributed by atoms with Crippen molar-refractivity contribution in [1.29, 1.82) is 0 Å². The van der Waals surface area contributed by atoms with Crippen LogP contribution in [0.3, 0.4) is 0 Å². The van der Waals surface area contributed by atoms with Gasteiger partial charge in [0.15, 0.2) is 0 Å². The molecule has 1 rings (SSSR count). The smallest absolute Gasteiger partial charge is 0.335 e. The molecule has 0 bridgehead atoms. The first-order chi connectivity index (χ1) is 6.15. The summed E-state index contributed by atoms with van der Waals surface area (Å²) in [5, 5.41) is 8.58. The van der Waals surface area contributed by atoms with Gasteiger partial charge in [0.2, 0.25) is 0 Å². The number of aromatic carboxylic acids is 1. The highest BCUT2D eigenvalue weighted by atomic mass is 16.4. The largest absolute Gasteiger partial charge is 0.478 e. The molecule has 0 amide bonds. The molecule has 0 unspecified atom stereocenters. The molecule has 0 aliphatic rings. The molecule has 0 aliphatic heterocycles. The molecule has 0 radical (unpaired) electrons. The van der Waals surface area contributed by atoms with E-state index >= 15 is 0 Å². The third kappa shape index (κ3) is 2.18. The van der Waals surface area contributed by atoms with E-state index in [4.69, 9.17) is 5.11 Å². The van der Waals surface area contributed by atoms with Crippen LogP contribution in [-0.4, -0.2) is 15.6 Å². The lowest BCUT2D eigenvalue weighted by atomic mass is 10.2. The van der Waals surface area contributed by atoms with Gasteiger partial charge in [-0.1, -0.05) is 6.92 Å². The Bertz CT molecular complexity index is 367. The number of carboxylic acids is 1. The highest BCUT2D eigenvalue weighted by molar-refractivity contribution is 5.87. The first-order valence-electron chi connectivity index (χ1n) is 4.09. The Hall–Kier alpha value is -1.58. The van der Waals surface area contributed by atoms with E-state index in [1.165, 1.54) is 16.8 Å². The van der Waals surface area contributed by atoms with Gasteiger partial charge in [-0.3, -0.25) is 4.79 Å². The zero-order valence-electron chi connectivity index (χ0n) is 7.36. The Balaban J connectivity index is 3.06. The average molecular weight is 181 g/mol. The molecular weight excluding hydrogens is 170 g/mol. The van der Waals surface area contributed by atoms with E-state index in [-0.39, 0.29) is 11.1 Å². The summed E-state index contributed by atoms with van der Waals surface area (Å²) in [5.41, 5.74) is -0.223. The first-order valence-corrected chi connectivity index (χ1v) is 4.09. The summed E-state index contributed by atoms with van der Waals surface area (Å²) in [6.07, 6.45) is 2.36. The third-order valence-corrected chi connectivity index (χ3v) is 1.71. The van der Waals surface area contributed by atoms with E-state index in [9.17, 15) is 9.59 Å². The van der Waals surface area contributed by atoms with Crippen LogP contribution in [0, 0.1) is 0 Å². The number of aryl methyl sites for hydroxylation is 1. The van der Waals surface area contributed by atoms with Gasteiger partial charge in [0.1, 0.15) is 0 Å². The van der Waals surface area contributed by atoms with E-state index in [2.05, 4.69) is 0 Å². The van der Waals surface area contributed by atoms with Crippen LogP contribution in [0.4, 0.5) is 0 Å². The van der Waals surface area contributed by atoms with Gasteiger partial charge < -0.3 is 9.67 Å². The van der Waals surface area contributed by atoms with E-state index in [1.54, 1.807) is 0 Å². The van der Waals surface area contributed by atoms with Crippen molar-refractivity contribution >= 4 is 5.97 Å². The van der Waals surface area contributed by atoms with Crippen molar-refractivity contribution in [1.82, 2.24) is 4.57 Å². The standard InChI is InChI=1S/C9H11NO3/c1-2-4-10-5-3-7(9(12)13)6-8(10)11/h3,5-6H,2,4H2,1H3,(H,12,13). The SMILES string of the molecule is CCCn1ccc(C(=O)O)cc1=O. The third-order valence-electron chi connectivity index (χ3n) is 1.71. The maximum Gasteiger partial charge on any atom is 0.335 e. The lowest BCUT2D eigenvalue weighted by molar-refractivity contribution is 0.0696. The molecule has 4 nitrogen and oxygen atoms in total. The Morgan fingerprint density at radius 2 is 2.31 bits per heavy atom. The quantitative estimate of drug-likeness (QED) is 0.755. The number of carbonyl (C=O) groups is 1. The Morgan fingerprint density at radius 3 is 2.77 bits per heavy atom. The van der Waals surface area contributed by atoms with Crippen LogP contribution in [-0.2, 0) is 6.54 Å². The van der Waals surface area contributed by atoms with Crippen molar-refractivity contribution in [3.05, 3.63) is 34.2 Å². The normalized spacial score (nSPS) is 9.92. The molecule has 0 saturated carbocycles. The molecule has 13 heavy (non-hydrogen) atoms. The van der Waals surface area contributed by atoms with Crippen molar-refractivity contribution in [2.75, 3.05) is 0 Å². The van der Waals surface area contributed by atoms with Crippen molar-refractivity contribution in [3.8, 4) is 0 Å². The van der Waals surface area contributed by atoms with Gasteiger partial charge in [0.05, 0.1) is 5.56 Å². The van der Waals surface area contributed by atoms with Crippen LogP contribution in [0.15, 0.2) is 23.1 Å². The molecule has 1 aromatic rings. The fourth-order valence-corrected chi connectivity index (χ4v) is 1.07. The van der Waals surface area contributed by atoms with Crippen LogP contribution in [0.5, 0.6) is 0 Å². The molecule has 0 spiro atoms. The number of carboxylic acid groups (broad SMARTS) is 1. The molecule has 0 aromatic carbocycles. The zero-order valence-corrected chi connectivity index (χ0v) is 7.36. The molecule has 0 saturated heterocycles. The zero-order chi connectivity index (χ0) is 9.84. The molecular formula is C9H11NO3. The second-order valence-corrected chi connectivity index (χ2v) is 2.75. The number of rotatable bonds is 3. The number of hydrogen-bond acceptors (Lipinski definition) is 2. The van der Waals surface area contributed by atoms with Crippen LogP contribution >= 0.6 is 0 Å². The van der Waals surface area contributed by atoms with Crippen LogP contribution < -0.4 is 5.56 Å². The van der Waals surface area contributed by atoms with Crippen molar-refractivity contribution in [3.63, 3.8) is 0 Å². The molecule has 70 valence electrons. The minimum atomic E-state index is -1.07. The summed E-state index contributed by atoms with van der Waals surface area (Å²) in [4.78, 5) is 21.7. The molecule has 0 aliphatic carbocycles. The monoisotopic (exact) mass is 181 g/mol. The molecule has 1 heterocycles. The van der Waals surface area contributed by atoms with E-state index in [0.717, 1.165) is 12.5 Å². The summed E-state index contributed by atoms with van der Waals surface area (Å²) in [6, 6.07) is 2.57.